The lowest BCUT2D eigenvalue weighted by molar-refractivity contribution is -0.137. The summed E-state index contributed by atoms with van der Waals surface area (Å²) in [5.74, 6) is -3.91. The van der Waals surface area contributed by atoms with Gasteiger partial charge in [0.05, 0.1) is 25.3 Å². The highest BCUT2D eigenvalue weighted by Gasteiger charge is 2.32. The summed E-state index contributed by atoms with van der Waals surface area (Å²) in [7, 11) is 2.53. The number of nitrogens with one attached hydrogen (secondary N) is 2. The molecule has 1 aromatic heterocycles. The van der Waals surface area contributed by atoms with Crippen LogP contribution in [0.25, 0.3) is 0 Å². The van der Waals surface area contributed by atoms with Crippen molar-refractivity contribution in [3.63, 3.8) is 0 Å². The molecular weight excluding hydrogens is 614 g/mol. The molecular formula is C27H19Cl2F5N2O6. The maximum atomic E-state index is 14.2. The van der Waals surface area contributed by atoms with Crippen LogP contribution in [0.1, 0.15) is 15.9 Å². The third-order valence-corrected chi connectivity index (χ3v) is 6.00. The summed E-state index contributed by atoms with van der Waals surface area (Å²) in [5, 5.41) is 10.4. The fourth-order valence-corrected chi connectivity index (χ4v) is 3.59. The topological polar surface area (TPSA) is 110 Å². The minimum Gasteiger partial charge on any atom is -0.506 e. The number of aromatic hydroxyl groups is 1. The summed E-state index contributed by atoms with van der Waals surface area (Å²) in [6.07, 6.45) is -3.45. The number of phenols is 1. The van der Waals surface area contributed by atoms with Gasteiger partial charge in [-0.1, -0.05) is 23.2 Å². The fraction of sp³-hybridized carbons (Fsp3) is 0.111. The van der Waals surface area contributed by atoms with Crippen LogP contribution in [0.2, 0.25) is 10.0 Å². The van der Waals surface area contributed by atoms with Crippen molar-refractivity contribution in [3.05, 3.63) is 104 Å². The Morgan fingerprint density at radius 1 is 0.857 bits per heavy atom. The van der Waals surface area contributed by atoms with Gasteiger partial charge in [0.15, 0.2) is 23.1 Å². The van der Waals surface area contributed by atoms with Gasteiger partial charge in [-0.05, 0) is 48.5 Å². The van der Waals surface area contributed by atoms with E-state index in [9.17, 15) is 31.5 Å². The normalized spacial score (nSPS) is 10.8. The van der Waals surface area contributed by atoms with E-state index in [-0.39, 0.29) is 39.3 Å². The Morgan fingerprint density at radius 2 is 1.45 bits per heavy atom. The molecule has 4 aromatic rings. The number of methoxy groups -OCH3 is 2. The number of anilines is 1. The lowest BCUT2D eigenvalue weighted by Gasteiger charge is -2.16. The van der Waals surface area contributed by atoms with Gasteiger partial charge in [-0.2, -0.15) is 13.2 Å². The number of H-pyrrole nitrogens is 1. The average Bonchev–Trinajstić information content (AvgIpc) is 2.94. The lowest BCUT2D eigenvalue weighted by Crippen LogP contribution is -2.16. The molecule has 42 heavy (non-hydrogen) atoms. The molecule has 1 heterocycles. The van der Waals surface area contributed by atoms with Crippen LogP contribution >= 0.6 is 23.2 Å². The SMILES string of the molecule is COc1ccc(O)c(Cl)c1F.COc1ccc(Oc2cc(C(F)(F)F)ccc2C(=O)Nc2cc[nH]c(=O)c2)c(Cl)c1F. The van der Waals surface area contributed by atoms with Crippen LogP contribution in [0.3, 0.4) is 0 Å². The first-order valence-electron chi connectivity index (χ1n) is 11.4. The first-order chi connectivity index (χ1) is 19.8. The number of phenolic OH excluding ortho intramolecular Hbond substituents is 1. The monoisotopic (exact) mass is 632 g/mol. The second kappa shape index (κ2) is 13.4. The molecule has 3 aromatic carbocycles. The molecule has 0 saturated heterocycles. The van der Waals surface area contributed by atoms with E-state index in [4.69, 9.17) is 37.8 Å². The van der Waals surface area contributed by atoms with Crippen molar-refractivity contribution < 1.29 is 46.1 Å². The lowest BCUT2D eigenvalue weighted by atomic mass is 10.1. The average molecular weight is 633 g/mol. The molecule has 4 rings (SSSR count). The Hall–Kier alpha value is -4.49. The van der Waals surface area contributed by atoms with E-state index in [1.54, 1.807) is 0 Å². The largest absolute Gasteiger partial charge is 0.506 e. The Kier molecular flexibility index (Phi) is 10.3. The first kappa shape index (κ1) is 32.0. The van der Waals surface area contributed by atoms with Crippen molar-refractivity contribution >= 4 is 34.8 Å². The Balaban J connectivity index is 0.000000369. The van der Waals surface area contributed by atoms with Crippen molar-refractivity contribution in [1.82, 2.24) is 4.98 Å². The smallest absolute Gasteiger partial charge is 0.416 e. The number of carbonyl (C=O) groups excluding carboxylic acids is 1. The van der Waals surface area contributed by atoms with Crippen molar-refractivity contribution in [2.45, 2.75) is 6.18 Å². The molecule has 1 amide bonds. The van der Waals surface area contributed by atoms with Crippen molar-refractivity contribution in [2.75, 3.05) is 19.5 Å². The number of benzene rings is 3. The highest BCUT2D eigenvalue weighted by Crippen LogP contribution is 2.39. The second-order valence-corrected chi connectivity index (χ2v) is 8.77. The van der Waals surface area contributed by atoms with Crippen LogP contribution in [0.5, 0.6) is 28.7 Å². The number of carbonyl (C=O) groups is 1. The third kappa shape index (κ3) is 7.62. The van der Waals surface area contributed by atoms with Gasteiger partial charge in [0.2, 0.25) is 5.56 Å². The summed E-state index contributed by atoms with van der Waals surface area (Å²) >= 11 is 11.3. The molecule has 0 atom stereocenters. The van der Waals surface area contributed by atoms with Crippen LogP contribution in [-0.2, 0) is 6.18 Å². The van der Waals surface area contributed by atoms with Crippen molar-refractivity contribution in [3.8, 4) is 28.7 Å². The van der Waals surface area contributed by atoms with Crippen LogP contribution in [-0.4, -0.2) is 30.2 Å². The van der Waals surface area contributed by atoms with E-state index in [1.807, 2.05) is 0 Å². The highest BCUT2D eigenvalue weighted by atomic mass is 35.5. The number of alkyl halides is 3. The maximum Gasteiger partial charge on any atom is 0.416 e. The van der Waals surface area contributed by atoms with Gasteiger partial charge < -0.3 is 29.6 Å². The van der Waals surface area contributed by atoms with Gasteiger partial charge in [0.25, 0.3) is 5.91 Å². The molecule has 0 aliphatic carbocycles. The standard InChI is InChI=1S/C20H13ClF4N2O4.C7H6ClFO2/c1-30-14-5-4-13(17(21)18(14)22)31-15-8-10(20(23,24)25)2-3-12(15)19(29)27-11-6-7-26-16(28)9-11;1-11-5-3-2-4(10)6(8)7(5)9/h2-9H,1H3,(H2,26,27,28,29);2-3,10H,1H3. The molecule has 0 fully saturated rings. The first-order valence-corrected chi connectivity index (χ1v) is 12.1. The summed E-state index contributed by atoms with van der Waals surface area (Å²) in [4.78, 5) is 26.4. The zero-order valence-corrected chi connectivity index (χ0v) is 22.9. The Labute approximate surface area is 244 Å². The van der Waals surface area contributed by atoms with E-state index >= 15 is 0 Å². The molecule has 3 N–H and O–H groups in total. The molecule has 0 bridgehead atoms. The Morgan fingerprint density at radius 3 is 2.05 bits per heavy atom. The molecule has 0 spiro atoms. The zero-order chi connectivity index (χ0) is 31.2. The van der Waals surface area contributed by atoms with Crippen LogP contribution in [0, 0.1) is 11.6 Å². The minimum absolute atomic E-state index is 0.0211. The summed E-state index contributed by atoms with van der Waals surface area (Å²) in [5.41, 5.74) is -1.80. The zero-order valence-electron chi connectivity index (χ0n) is 21.4. The minimum atomic E-state index is -4.73. The number of halogens is 7. The maximum absolute atomic E-state index is 14.2. The molecule has 15 heteroatoms. The molecule has 0 saturated carbocycles. The predicted octanol–water partition coefficient (Wildman–Crippen LogP) is 7.43. The summed E-state index contributed by atoms with van der Waals surface area (Å²) < 4.78 is 81.3. The molecule has 0 aliphatic rings. The number of hydrogen-bond donors (Lipinski definition) is 3. The van der Waals surface area contributed by atoms with Gasteiger partial charge in [-0.15, -0.1) is 0 Å². The number of rotatable bonds is 6. The van der Waals surface area contributed by atoms with E-state index in [0.717, 1.165) is 12.1 Å². The van der Waals surface area contributed by atoms with Gasteiger partial charge in [0.1, 0.15) is 27.3 Å². The van der Waals surface area contributed by atoms with Gasteiger partial charge in [-0.3, -0.25) is 9.59 Å². The number of ether oxygens (including phenoxy) is 3. The van der Waals surface area contributed by atoms with Crippen LogP contribution in [0.15, 0.2) is 65.6 Å². The second-order valence-electron chi connectivity index (χ2n) is 8.02. The van der Waals surface area contributed by atoms with Crippen molar-refractivity contribution in [1.29, 1.82) is 0 Å². The molecule has 0 radical (unpaired) electrons. The number of amides is 1. The predicted molar refractivity (Wildman–Crippen MR) is 144 cm³/mol. The molecule has 0 aliphatic heterocycles. The van der Waals surface area contributed by atoms with Gasteiger partial charge in [0, 0.05) is 18.0 Å². The Bertz CT molecular complexity index is 1660. The molecule has 222 valence electrons. The number of hydrogen-bond acceptors (Lipinski definition) is 6. The van der Waals surface area contributed by atoms with Gasteiger partial charge in [-0.25, -0.2) is 8.78 Å². The highest BCUT2D eigenvalue weighted by molar-refractivity contribution is 6.32. The number of pyridine rings is 1. The fourth-order valence-electron chi connectivity index (χ4n) is 3.24. The van der Waals surface area contributed by atoms with Crippen LogP contribution < -0.4 is 25.1 Å². The van der Waals surface area contributed by atoms with E-state index in [1.165, 1.54) is 50.7 Å². The van der Waals surface area contributed by atoms with E-state index in [0.29, 0.717) is 12.1 Å². The summed E-state index contributed by atoms with van der Waals surface area (Å²) in [6.45, 7) is 0. The summed E-state index contributed by atoms with van der Waals surface area (Å²) in [6, 6.07) is 9.55. The molecule has 0 unspecified atom stereocenters. The van der Waals surface area contributed by atoms with Crippen molar-refractivity contribution in [2.24, 2.45) is 0 Å². The van der Waals surface area contributed by atoms with E-state index in [2.05, 4.69) is 15.0 Å². The quantitative estimate of drug-likeness (QED) is 0.191. The van der Waals surface area contributed by atoms with Gasteiger partial charge >= 0.3 is 6.18 Å². The third-order valence-electron chi connectivity index (χ3n) is 5.28. The number of aromatic nitrogens is 1. The van der Waals surface area contributed by atoms with E-state index < -0.39 is 45.6 Å². The molecule has 8 nitrogen and oxygen atoms in total. The number of aromatic amines is 1. The van der Waals surface area contributed by atoms with Crippen LogP contribution in [0.4, 0.5) is 27.6 Å².